The molecule has 6 heteroatoms. The zero-order valence-corrected chi connectivity index (χ0v) is 18.5. The second-order valence-corrected chi connectivity index (χ2v) is 8.91. The third-order valence-electron chi connectivity index (χ3n) is 5.57. The smallest absolute Gasteiger partial charge is 0.227 e. The van der Waals surface area contributed by atoms with Crippen LogP contribution in [0.2, 0.25) is 5.02 Å². The molecular weight excluding hydrogens is 462 g/mol. The Hall–Kier alpha value is -2.63. The number of anilines is 1. The lowest BCUT2D eigenvalue weighted by Crippen LogP contribution is -2.24. The van der Waals surface area contributed by atoms with Crippen LogP contribution >= 0.6 is 27.5 Å². The predicted octanol–water partition coefficient (Wildman–Crippen LogP) is 6.02. The predicted molar refractivity (Wildman–Crippen MR) is 124 cm³/mol. The maximum Gasteiger partial charge on any atom is 0.227 e. The average molecular weight is 481 g/mol. The van der Waals surface area contributed by atoms with Gasteiger partial charge in [-0.05, 0) is 54.1 Å². The molecule has 1 saturated heterocycles. The largest absolute Gasteiger partial charge is 0.323 e. The highest BCUT2D eigenvalue weighted by Gasteiger charge is 2.34. The molecular formula is C24H19BrClN3O. The maximum absolute atomic E-state index is 12.8. The number of amides is 1. The average Bonchev–Trinajstić information content (AvgIpc) is 3.31. The fraction of sp³-hybridized carbons (Fsp3) is 0.167. The van der Waals surface area contributed by atoms with Crippen molar-refractivity contribution in [1.29, 1.82) is 0 Å². The van der Waals surface area contributed by atoms with E-state index < -0.39 is 0 Å². The molecule has 1 aliphatic rings. The van der Waals surface area contributed by atoms with E-state index in [0.717, 1.165) is 37.6 Å². The summed E-state index contributed by atoms with van der Waals surface area (Å²) in [5, 5.41) is 0.723. The van der Waals surface area contributed by atoms with Crippen LogP contribution in [0.25, 0.3) is 11.0 Å². The number of hydrogen-bond acceptors (Lipinski definition) is 2. The summed E-state index contributed by atoms with van der Waals surface area (Å²) in [6.07, 6.45) is 0.458. The first kappa shape index (κ1) is 19.3. The maximum atomic E-state index is 12.8. The first-order valence-electron chi connectivity index (χ1n) is 9.84. The van der Waals surface area contributed by atoms with Gasteiger partial charge in [-0.2, -0.15) is 0 Å². The fourth-order valence-electron chi connectivity index (χ4n) is 4.10. The van der Waals surface area contributed by atoms with Crippen LogP contribution in [0.5, 0.6) is 0 Å². The monoisotopic (exact) mass is 479 g/mol. The molecule has 0 bridgehead atoms. The molecule has 3 aromatic carbocycles. The lowest BCUT2D eigenvalue weighted by atomic mass is 10.1. The normalized spacial score (nSPS) is 16.5. The molecule has 0 saturated carbocycles. The van der Waals surface area contributed by atoms with Gasteiger partial charge in [-0.1, -0.05) is 51.8 Å². The lowest BCUT2D eigenvalue weighted by Gasteiger charge is -2.17. The Kier molecular flexibility index (Phi) is 5.09. The molecule has 30 heavy (non-hydrogen) atoms. The molecule has 0 spiro atoms. The van der Waals surface area contributed by atoms with Crippen LogP contribution in [0.3, 0.4) is 0 Å². The summed E-state index contributed by atoms with van der Waals surface area (Å²) in [6, 6.07) is 23.9. The van der Waals surface area contributed by atoms with Crippen LogP contribution in [-0.4, -0.2) is 22.0 Å². The fourth-order valence-corrected chi connectivity index (χ4v) is 4.49. The highest BCUT2D eigenvalue weighted by molar-refractivity contribution is 9.10. The van der Waals surface area contributed by atoms with E-state index in [-0.39, 0.29) is 11.8 Å². The molecule has 1 aromatic heterocycles. The van der Waals surface area contributed by atoms with Crippen LogP contribution in [0.4, 0.5) is 5.69 Å². The number of imidazole rings is 1. The Bertz CT molecular complexity index is 1220. The standard InChI is InChI=1S/C24H19BrClN3O/c25-18-7-11-20(12-8-18)28-15-17(13-23(28)30)24-27-21-3-1-2-4-22(21)29(24)14-16-5-9-19(26)10-6-16/h1-12,17H,13-15H2. The summed E-state index contributed by atoms with van der Waals surface area (Å²) in [5.41, 5.74) is 4.11. The van der Waals surface area contributed by atoms with Gasteiger partial charge in [-0.3, -0.25) is 4.79 Å². The zero-order valence-electron chi connectivity index (χ0n) is 16.1. The minimum atomic E-state index is 0.0425. The number of rotatable bonds is 4. The van der Waals surface area contributed by atoms with Gasteiger partial charge in [0, 0.05) is 40.6 Å². The number of hydrogen-bond donors (Lipinski definition) is 0. The van der Waals surface area contributed by atoms with E-state index >= 15 is 0 Å². The SMILES string of the molecule is O=C1CC(c2nc3ccccc3n2Cc2ccc(Cl)cc2)CN1c1ccc(Br)cc1. The molecule has 4 aromatic rings. The van der Waals surface area contributed by atoms with E-state index in [2.05, 4.69) is 26.6 Å². The molecule has 0 N–H and O–H groups in total. The van der Waals surface area contributed by atoms with Crippen LogP contribution in [-0.2, 0) is 11.3 Å². The lowest BCUT2D eigenvalue weighted by molar-refractivity contribution is -0.117. The molecule has 5 rings (SSSR count). The van der Waals surface area contributed by atoms with Gasteiger partial charge in [0.1, 0.15) is 5.82 Å². The molecule has 1 unspecified atom stereocenters. The summed E-state index contributed by atoms with van der Waals surface area (Å²) in [5.74, 6) is 1.13. The van der Waals surface area contributed by atoms with Gasteiger partial charge >= 0.3 is 0 Å². The van der Waals surface area contributed by atoms with Crippen LogP contribution in [0.15, 0.2) is 77.3 Å². The number of fused-ring (bicyclic) bond motifs is 1. The van der Waals surface area contributed by atoms with Crippen molar-refractivity contribution in [2.45, 2.75) is 18.9 Å². The minimum Gasteiger partial charge on any atom is -0.323 e. The summed E-state index contributed by atoms with van der Waals surface area (Å²) in [7, 11) is 0. The molecule has 4 nitrogen and oxygen atoms in total. The number of para-hydroxylation sites is 2. The third kappa shape index (κ3) is 3.64. The van der Waals surface area contributed by atoms with Crippen molar-refractivity contribution < 1.29 is 4.79 Å². The molecule has 0 radical (unpaired) electrons. The van der Waals surface area contributed by atoms with Crippen molar-refractivity contribution >= 4 is 50.2 Å². The molecule has 1 amide bonds. The van der Waals surface area contributed by atoms with Crippen molar-refractivity contribution in [1.82, 2.24) is 9.55 Å². The number of carbonyl (C=O) groups excluding carboxylic acids is 1. The van der Waals surface area contributed by atoms with Crippen molar-refractivity contribution in [2.75, 3.05) is 11.4 Å². The van der Waals surface area contributed by atoms with E-state index in [1.54, 1.807) is 0 Å². The van der Waals surface area contributed by atoms with E-state index in [1.807, 2.05) is 71.6 Å². The highest BCUT2D eigenvalue weighted by Crippen LogP contribution is 2.34. The van der Waals surface area contributed by atoms with Crippen LogP contribution < -0.4 is 4.90 Å². The first-order chi connectivity index (χ1) is 14.6. The third-order valence-corrected chi connectivity index (χ3v) is 6.35. The number of carbonyl (C=O) groups is 1. The molecule has 1 fully saturated rings. The van der Waals surface area contributed by atoms with E-state index in [9.17, 15) is 4.79 Å². The van der Waals surface area contributed by atoms with Gasteiger partial charge < -0.3 is 9.47 Å². The van der Waals surface area contributed by atoms with Crippen molar-refractivity contribution in [3.63, 3.8) is 0 Å². The Morgan fingerprint density at radius 3 is 2.50 bits per heavy atom. The number of aromatic nitrogens is 2. The second-order valence-electron chi connectivity index (χ2n) is 7.55. The molecule has 2 heterocycles. The van der Waals surface area contributed by atoms with E-state index in [1.165, 1.54) is 0 Å². The van der Waals surface area contributed by atoms with Crippen LogP contribution in [0.1, 0.15) is 23.7 Å². The van der Waals surface area contributed by atoms with Gasteiger partial charge in [-0.15, -0.1) is 0 Å². The zero-order chi connectivity index (χ0) is 20.7. The second kappa shape index (κ2) is 7.89. The molecule has 1 atom stereocenters. The number of benzene rings is 3. The molecule has 0 aliphatic carbocycles. The molecule has 150 valence electrons. The Labute approximate surface area is 188 Å². The van der Waals surface area contributed by atoms with Gasteiger partial charge in [0.15, 0.2) is 0 Å². The van der Waals surface area contributed by atoms with Crippen molar-refractivity contribution in [3.05, 3.63) is 93.7 Å². The summed E-state index contributed by atoms with van der Waals surface area (Å²) >= 11 is 9.52. The van der Waals surface area contributed by atoms with Gasteiger partial charge in [0.2, 0.25) is 5.91 Å². The van der Waals surface area contributed by atoms with Crippen molar-refractivity contribution in [3.8, 4) is 0 Å². The Morgan fingerprint density at radius 1 is 1.00 bits per heavy atom. The topological polar surface area (TPSA) is 38.1 Å². The van der Waals surface area contributed by atoms with Gasteiger partial charge in [0.05, 0.1) is 11.0 Å². The minimum absolute atomic E-state index is 0.0425. The van der Waals surface area contributed by atoms with Crippen LogP contribution in [0, 0.1) is 0 Å². The van der Waals surface area contributed by atoms with Gasteiger partial charge in [0.25, 0.3) is 0 Å². The summed E-state index contributed by atoms with van der Waals surface area (Å²) in [6.45, 7) is 1.32. The highest BCUT2D eigenvalue weighted by atomic mass is 79.9. The summed E-state index contributed by atoms with van der Waals surface area (Å²) in [4.78, 5) is 19.6. The van der Waals surface area contributed by atoms with E-state index in [4.69, 9.17) is 16.6 Å². The van der Waals surface area contributed by atoms with Crippen molar-refractivity contribution in [2.24, 2.45) is 0 Å². The Morgan fingerprint density at radius 2 is 1.73 bits per heavy atom. The first-order valence-corrected chi connectivity index (χ1v) is 11.0. The number of nitrogens with zero attached hydrogens (tertiary/aromatic N) is 3. The number of halogens is 2. The summed E-state index contributed by atoms with van der Waals surface area (Å²) < 4.78 is 3.24. The quantitative estimate of drug-likeness (QED) is 0.358. The van der Waals surface area contributed by atoms with E-state index in [0.29, 0.717) is 19.5 Å². The molecule has 1 aliphatic heterocycles. The Balaban J connectivity index is 1.51. The van der Waals surface area contributed by atoms with Gasteiger partial charge in [-0.25, -0.2) is 4.98 Å².